The van der Waals surface area contributed by atoms with Gasteiger partial charge in [-0.2, -0.15) is 0 Å². The Morgan fingerprint density at radius 1 is 1.09 bits per heavy atom. The number of pyridine rings is 1. The molecule has 0 saturated heterocycles. The molecule has 1 aromatic carbocycles. The zero-order valence-corrected chi connectivity index (χ0v) is 13.6. The summed E-state index contributed by atoms with van der Waals surface area (Å²) in [5.41, 5.74) is 2.55. The summed E-state index contributed by atoms with van der Waals surface area (Å²) >= 11 is 0. The van der Waals surface area contributed by atoms with E-state index in [1.807, 2.05) is 38.1 Å². The number of benzene rings is 1. The summed E-state index contributed by atoms with van der Waals surface area (Å²) in [5, 5.41) is 5.57. The van der Waals surface area contributed by atoms with Gasteiger partial charge < -0.3 is 10.6 Å². The molecule has 0 saturated carbocycles. The second kappa shape index (κ2) is 7.54. The predicted molar refractivity (Wildman–Crippen MR) is 90.6 cm³/mol. The van der Waals surface area contributed by atoms with Crippen LogP contribution in [0.2, 0.25) is 0 Å². The summed E-state index contributed by atoms with van der Waals surface area (Å²) in [5.74, 6) is -0.558. The number of carbonyl (C=O) groups is 2. The van der Waals surface area contributed by atoms with Gasteiger partial charge in [-0.05, 0) is 50.1 Å². The van der Waals surface area contributed by atoms with Gasteiger partial charge in [-0.25, -0.2) is 0 Å². The van der Waals surface area contributed by atoms with Crippen molar-refractivity contribution in [2.24, 2.45) is 0 Å². The summed E-state index contributed by atoms with van der Waals surface area (Å²) in [6.45, 7) is 5.82. The number of hydrogen-bond acceptors (Lipinski definition) is 3. The number of carbonyl (C=O) groups excluding carboxylic acids is 2. The Morgan fingerprint density at radius 2 is 1.78 bits per heavy atom. The van der Waals surface area contributed by atoms with Crippen LogP contribution < -0.4 is 10.6 Å². The smallest absolute Gasteiger partial charge is 0.270 e. The van der Waals surface area contributed by atoms with Gasteiger partial charge in [0.25, 0.3) is 11.8 Å². The molecule has 0 spiro atoms. The quantitative estimate of drug-likeness (QED) is 0.891. The fraction of sp³-hybridized carbons (Fsp3) is 0.278. The number of amides is 2. The lowest BCUT2D eigenvalue weighted by atomic mass is 10.1. The summed E-state index contributed by atoms with van der Waals surface area (Å²) in [4.78, 5) is 28.3. The molecule has 2 amide bonds. The minimum atomic E-state index is -0.290. The molecule has 0 aliphatic heterocycles. The van der Waals surface area contributed by atoms with Gasteiger partial charge in [0.1, 0.15) is 5.69 Å². The van der Waals surface area contributed by atoms with Crippen LogP contribution in [-0.2, 0) is 6.42 Å². The van der Waals surface area contributed by atoms with E-state index in [-0.39, 0.29) is 23.6 Å². The van der Waals surface area contributed by atoms with Crippen LogP contribution in [0.5, 0.6) is 0 Å². The van der Waals surface area contributed by atoms with Crippen LogP contribution in [0.3, 0.4) is 0 Å². The zero-order valence-electron chi connectivity index (χ0n) is 13.6. The number of aromatic nitrogens is 1. The van der Waals surface area contributed by atoms with Crippen LogP contribution in [-0.4, -0.2) is 22.8 Å². The van der Waals surface area contributed by atoms with Gasteiger partial charge in [0.2, 0.25) is 0 Å². The van der Waals surface area contributed by atoms with Gasteiger partial charge in [-0.15, -0.1) is 0 Å². The molecule has 0 radical (unpaired) electrons. The van der Waals surface area contributed by atoms with Crippen LogP contribution in [0.25, 0.3) is 0 Å². The first kappa shape index (κ1) is 16.7. The molecule has 0 aliphatic carbocycles. The first-order valence-electron chi connectivity index (χ1n) is 7.66. The Bertz CT molecular complexity index is 694. The molecule has 0 atom stereocenters. The standard InChI is InChI=1S/C18H21N3O2/c1-4-13-5-7-15(8-6-13)21-17(22)14-9-10-19-16(11-14)18(23)20-12(2)3/h5-12H,4H2,1-3H3,(H,20,23)(H,21,22). The number of nitrogens with zero attached hydrogens (tertiary/aromatic N) is 1. The van der Waals surface area contributed by atoms with Crippen molar-refractivity contribution in [1.29, 1.82) is 0 Å². The van der Waals surface area contributed by atoms with Gasteiger partial charge in [-0.3, -0.25) is 14.6 Å². The first-order valence-corrected chi connectivity index (χ1v) is 7.66. The molecule has 1 heterocycles. The molecule has 5 nitrogen and oxygen atoms in total. The molecule has 2 rings (SSSR count). The highest BCUT2D eigenvalue weighted by Gasteiger charge is 2.12. The van der Waals surface area contributed by atoms with Gasteiger partial charge in [0, 0.05) is 23.5 Å². The van der Waals surface area contributed by atoms with Crippen molar-refractivity contribution >= 4 is 17.5 Å². The number of rotatable bonds is 5. The predicted octanol–water partition coefficient (Wildman–Crippen LogP) is 3.03. The Kier molecular flexibility index (Phi) is 5.46. The highest BCUT2D eigenvalue weighted by atomic mass is 16.2. The van der Waals surface area contributed by atoms with E-state index in [4.69, 9.17) is 0 Å². The molecule has 2 N–H and O–H groups in total. The van der Waals surface area contributed by atoms with E-state index in [1.54, 1.807) is 6.07 Å². The van der Waals surface area contributed by atoms with Crippen LogP contribution >= 0.6 is 0 Å². The largest absolute Gasteiger partial charge is 0.349 e. The Balaban J connectivity index is 2.11. The molecular formula is C18H21N3O2. The molecule has 1 aromatic heterocycles. The van der Waals surface area contributed by atoms with Crippen molar-refractivity contribution in [2.75, 3.05) is 5.32 Å². The normalized spacial score (nSPS) is 10.4. The van der Waals surface area contributed by atoms with E-state index in [0.29, 0.717) is 5.56 Å². The molecule has 0 unspecified atom stereocenters. The Hall–Kier alpha value is -2.69. The molecule has 0 bridgehead atoms. The van der Waals surface area contributed by atoms with Crippen LogP contribution in [0, 0.1) is 0 Å². The lowest BCUT2D eigenvalue weighted by molar-refractivity contribution is 0.0938. The topological polar surface area (TPSA) is 71.1 Å². The van der Waals surface area contributed by atoms with Crippen molar-refractivity contribution in [3.63, 3.8) is 0 Å². The van der Waals surface area contributed by atoms with E-state index < -0.39 is 0 Å². The molecule has 120 valence electrons. The minimum absolute atomic E-state index is 0.0128. The average Bonchev–Trinajstić information content (AvgIpc) is 2.55. The summed E-state index contributed by atoms with van der Waals surface area (Å²) in [7, 11) is 0. The van der Waals surface area contributed by atoms with E-state index in [9.17, 15) is 9.59 Å². The van der Waals surface area contributed by atoms with Crippen molar-refractivity contribution in [1.82, 2.24) is 10.3 Å². The summed E-state index contributed by atoms with van der Waals surface area (Å²) < 4.78 is 0. The van der Waals surface area contributed by atoms with E-state index in [2.05, 4.69) is 22.5 Å². The SMILES string of the molecule is CCc1ccc(NC(=O)c2ccnc(C(=O)NC(C)C)c2)cc1. The fourth-order valence-electron chi connectivity index (χ4n) is 2.06. The lowest BCUT2D eigenvalue weighted by Gasteiger charge is -2.09. The maximum Gasteiger partial charge on any atom is 0.270 e. The van der Waals surface area contributed by atoms with Gasteiger partial charge in [0.15, 0.2) is 0 Å². The second-order valence-corrected chi connectivity index (χ2v) is 5.56. The first-order chi connectivity index (χ1) is 11.0. The van der Waals surface area contributed by atoms with Crippen LogP contribution in [0.1, 0.15) is 47.2 Å². The number of anilines is 1. The molecule has 0 aliphatic rings. The van der Waals surface area contributed by atoms with Gasteiger partial charge in [0.05, 0.1) is 0 Å². The fourth-order valence-corrected chi connectivity index (χ4v) is 2.06. The maximum atomic E-state index is 12.3. The molecule has 0 fully saturated rings. The zero-order chi connectivity index (χ0) is 16.8. The average molecular weight is 311 g/mol. The van der Waals surface area contributed by atoms with Crippen molar-refractivity contribution in [2.45, 2.75) is 33.2 Å². The maximum absolute atomic E-state index is 12.3. The third kappa shape index (κ3) is 4.64. The molecule has 23 heavy (non-hydrogen) atoms. The molecule has 5 heteroatoms. The summed E-state index contributed by atoms with van der Waals surface area (Å²) in [6.07, 6.45) is 2.41. The third-order valence-electron chi connectivity index (χ3n) is 3.29. The van der Waals surface area contributed by atoms with Crippen molar-refractivity contribution < 1.29 is 9.59 Å². The summed E-state index contributed by atoms with van der Waals surface area (Å²) in [6, 6.07) is 10.8. The number of nitrogens with one attached hydrogen (secondary N) is 2. The molecule has 2 aromatic rings. The third-order valence-corrected chi connectivity index (χ3v) is 3.29. The van der Waals surface area contributed by atoms with E-state index >= 15 is 0 Å². The van der Waals surface area contributed by atoms with Crippen molar-refractivity contribution in [3.05, 3.63) is 59.4 Å². The molecular weight excluding hydrogens is 290 g/mol. The monoisotopic (exact) mass is 311 g/mol. The van der Waals surface area contributed by atoms with Gasteiger partial charge in [-0.1, -0.05) is 19.1 Å². The highest BCUT2D eigenvalue weighted by molar-refractivity contribution is 6.05. The second-order valence-electron chi connectivity index (χ2n) is 5.56. The Labute approximate surface area is 136 Å². The lowest BCUT2D eigenvalue weighted by Crippen LogP contribution is -2.31. The van der Waals surface area contributed by atoms with Crippen LogP contribution in [0.15, 0.2) is 42.6 Å². The van der Waals surface area contributed by atoms with Crippen LogP contribution in [0.4, 0.5) is 5.69 Å². The van der Waals surface area contributed by atoms with E-state index in [0.717, 1.165) is 12.1 Å². The van der Waals surface area contributed by atoms with Crippen molar-refractivity contribution in [3.8, 4) is 0 Å². The van der Waals surface area contributed by atoms with E-state index in [1.165, 1.54) is 17.8 Å². The number of aryl methyl sites for hydroxylation is 1. The Morgan fingerprint density at radius 3 is 2.39 bits per heavy atom. The highest BCUT2D eigenvalue weighted by Crippen LogP contribution is 2.12. The minimum Gasteiger partial charge on any atom is -0.349 e. The number of hydrogen-bond donors (Lipinski definition) is 2. The van der Waals surface area contributed by atoms with Gasteiger partial charge >= 0.3 is 0 Å².